The van der Waals surface area contributed by atoms with E-state index in [0.717, 1.165) is 23.6 Å². The first kappa shape index (κ1) is 21.9. The van der Waals surface area contributed by atoms with Crippen molar-refractivity contribution in [2.24, 2.45) is 5.41 Å². The number of carbonyl (C=O) groups excluding carboxylic acids is 2. The molecule has 1 unspecified atom stereocenters. The number of amides is 2. The fraction of sp³-hybridized carbons (Fsp3) is 0.500. The van der Waals surface area contributed by atoms with Crippen LogP contribution in [0.15, 0.2) is 42.6 Å². The van der Waals surface area contributed by atoms with Crippen LogP contribution >= 0.6 is 0 Å². The van der Waals surface area contributed by atoms with Crippen LogP contribution in [0.25, 0.3) is 0 Å². The van der Waals surface area contributed by atoms with Crippen LogP contribution in [0.4, 0.5) is 0 Å². The van der Waals surface area contributed by atoms with Crippen molar-refractivity contribution in [3.8, 4) is 5.75 Å². The van der Waals surface area contributed by atoms with Crippen LogP contribution in [0.2, 0.25) is 0 Å². The van der Waals surface area contributed by atoms with Crippen molar-refractivity contribution >= 4 is 11.8 Å². The van der Waals surface area contributed by atoms with Crippen LogP contribution in [-0.4, -0.2) is 52.4 Å². The summed E-state index contributed by atoms with van der Waals surface area (Å²) in [4.78, 5) is 30.0. The molecule has 1 aromatic heterocycles. The highest BCUT2D eigenvalue weighted by Crippen LogP contribution is 2.34. The van der Waals surface area contributed by atoms with Crippen molar-refractivity contribution in [1.82, 2.24) is 14.4 Å². The van der Waals surface area contributed by atoms with E-state index in [0.29, 0.717) is 6.54 Å². The molecule has 0 spiro atoms. The molecule has 2 heterocycles. The number of hydrogen-bond acceptors (Lipinski definition) is 3. The molecule has 6 heteroatoms. The lowest BCUT2D eigenvalue weighted by atomic mass is 9.94. The van der Waals surface area contributed by atoms with Crippen LogP contribution in [0.1, 0.15) is 51.9 Å². The fourth-order valence-corrected chi connectivity index (χ4v) is 3.97. The zero-order valence-corrected chi connectivity index (χ0v) is 18.9. The van der Waals surface area contributed by atoms with Gasteiger partial charge in [0, 0.05) is 36.4 Å². The van der Waals surface area contributed by atoms with Gasteiger partial charge in [-0.05, 0) is 43.7 Å². The Balaban J connectivity index is 1.94. The first-order valence-electron chi connectivity index (χ1n) is 10.5. The van der Waals surface area contributed by atoms with Crippen molar-refractivity contribution in [2.75, 3.05) is 20.2 Å². The number of nitrogens with zero attached hydrogens (tertiary/aromatic N) is 3. The van der Waals surface area contributed by atoms with Gasteiger partial charge < -0.3 is 19.1 Å². The molecular weight excluding hydrogens is 378 g/mol. The third kappa shape index (κ3) is 4.37. The molecular formula is C24H33N3O3. The molecule has 3 rings (SSSR count). The third-order valence-corrected chi connectivity index (χ3v) is 5.60. The predicted octanol–water partition coefficient (Wildman–Crippen LogP) is 3.71. The Kier molecular flexibility index (Phi) is 6.25. The maximum Gasteiger partial charge on any atom is 0.243 e. The van der Waals surface area contributed by atoms with Gasteiger partial charge in [-0.15, -0.1) is 0 Å². The Morgan fingerprint density at radius 2 is 1.90 bits per heavy atom. The van der Waals surface area contributed by atoms with Gasteiger partial charge >= 0.3 is 0 Å². The average molecular weight is 412 g/mol. The predicted molar refractivity (Wildman–Crippen MR) is 117 cm³/mol. The standard InChI is InChI=1S/C24H33N3O3/c1-17(2)27(23(29)24(3,4)5)16-21(28)26-14-13-25-12-8-11-20(25)22(26)18-9-7-10-19(15-18)30-6/h7-12,15,17,22H,13-14,16H2,1-6H3. The molecule has 0 bridgehead atoms. The Hall–Kier alpha value is -2.76. The lowest BCUT2D eigenvalue weighted by Crippen LogP contribution is -2.51. The second kappa shape index (κ2) is 8.54. The molecule has 1 atom stereocenters. The van der Waals surface area contributed by atoms with Gasteiger partial charge in [0.15, 0.2) is 0 Å². The minimum absolute atomic E-state index is 0.0100. The number of aromatic nitrogens is 1. The summed E-state index contributed by atoms with van der Waals surface area (Å²) in [6.07, 6.45) is 2.05. The summed E-state index contributed by atoms with van der Waals surface area (Å²) in [5.41, 5.74) is 1.54. The minimum atomic E-state index is -0.534. The van der Waals surface area contributed by atoms with Gasteiger partial charge in [0.2, 0.25) is 11.8 Å². The SMILES string of the molecule is COc1cccc(C2c3cccn3CCN2C(=O)CN(C(=O)C(C)(C)C)C(C)C)c1. The van der Waals surface area contributed by atoms with Crippen molar-refractivity contribution in [3.05, 3.63) is 53.9 Å². The van der Waals surface area contributed by atoms with Gasteiger partial charge in [0.05, 0.1) is 13.2 Å². The Morgan fingerprint density at radius 3 is 2.53 bits per heavy atom. The van der Waals surface area contributed by atoms with Crippen LogP contribution in [0.5, 0.6) is 5.75 Å². The molecule has 6 nitrogen and oxygen atoms in total. The summed E-state index contributed by atoms with van der Waals surface area (Å²) in [6, 6.07) is 11.7. The molecule has 0 radical (unpaired) electrons. The Morgan fingerprint density at radius 1 is 1.17 bits per heavy atom. The zero-order valence-electron chi connectivity index (χ0n) is 18.9. The van der Waals surface area contributed by atoms with E-state index in [1.165, 1.54) is 0 Å². The fourth-order valence-electron chi connectivity index (χ4n) is 3.97. The highest BCUT2D eigenvalue weighted by atomic mass is 16.5. The highest BCUT2D eigenvalue weighted by molar-refractivity contribution is 5.88. The maximum atomic E-state index is 13.5. The Labute approximate surface area is 179 Å². The molecule has 0 saturated carbocycles. The van der Waals surface area contributed by atoms with Crippen LogP contribution in [-0.2, 0) is 16.1 Å². The van der Waals surface area contributed by atoms with Crippen molar-refractivity contribution < 1.29 is 14.3 Å². The van der Waals surface area contributed by atoms with E-state index in [1.54, 1.807) is 12.0 Å². The van der Waals surface area contributed by atoms with Crippen molar-refractivity contribution in [3.63, 3.8) is 0 Å². The number of ether oxygens (including phenoxy) is 1. The number of benzene rings is 1. The second-order valence-electron chi connectivity index (χ2n) is 9.17. The van der Waals surface area contributed by atoms with Gasteiger partial charge in [0.25, 0.3) is 0 Å². The number of carbonyl (C=O) groups is 2. The summed E-state index contributed by atoms with van der Waals surface area (Å²) in [5, 5.41) is 0. The van der Waals surface area contributed by atoms with Crippen LogP contribution in [0, 0.1) is 5.41 Å². The summed E-state index contributed by atoms with van der Waals surface area (Å²) < 4.78 is 7.60. The minimum Gasteiger partial charge on any atom is -0.497 e. The zero-order chi connectivity index (χ0) is 22.1. The molecule has 1 aliphatic heterocycles. The average Bonchev–Trinajstić information content (AvgIpc) is 3.18. The van der Waals surface area contributed by atoms with E-state index in [-0.39, 0.29) is 30.4 Å². The number of fused-ring (bicyclic) bond motifs is 1. The van der Waals surface area contributed by atoms with E-state index in [4.69, 9.17) is 4.74 Å². The first-order chi connectivity index (χ1) is 14.1. The quantitative estimate of drug-likeness (QED) is 0.754. The van der Waals surface area contributed by atoms with Crippen molar-refractivity contribution in [2.45, 2.75) is 53.2 Å². The van der Waals surface area contributed by atoms with Crippen molar-refractivity contribution in [1.29, 1.82) is 0 Å². The molecule has 162 valence electrons. The number of methoxy groups -OCH3 is 1. The summed E-state index contributed by atoms with van der Waals surface area (Å²) >= 11 is 0. The molecule has 2 aromatic rings. The topological polar surface area (TPSA) is 54.8 Å². The summed E-state index contributed by atoms with van der Waals surface area (Å²) in [5.74, 6) is 0.709. The lowest BCUT2D eigenvalue weighted by molar-refractivity contribution is -0.148. The lowest BCUT2D eigenvalue weighted by Gasteiger charge is -2.40. The van der Waals surface area contributed by atoms with E-state index >= 15 is 0 Å². The van der Waals surface area contributed by atoms with Gasteiger partial charge in [-0.2, -0.15) is 0 Å². The normalized spacial score (nSPS) is 16.4. The van der Waals surface area contributed by atoms with Gasteiger partial charge in [-0.1, -0.05) is 32.9 Å². The first-order valence-corrected chi connectivity index (χ1v) is 10.5. The summed E-state index contributed by atoms with van der Waals surface area (Å²) in [6.45, 7) is 11.0. The smallest absolute Gasteiger partial charge is 0.243 e. The second-order valence-corrected chi connectivity index (χ2v) is 9.17. The summed E-state index contributed by atoms with van der Waals surface area (Å²) in [7, 11) is 1.64. The molecule has 0 saturated heterocycles. The van der Waals surface area contributed by atoms with Gasteiger partial charge in [-0.25, -0.2) is 0 Å². The highest BCUT2D eigenvalue weighted by Gasteiger charge is 2.36. The molecule has 30 heavy (non-hydrogen) atoms. The van der Waals surface area contributed by atoms with E-state index in [1.807, 2.05) is 76.0 Å². The van der Waals surface area contributed by atoms with E-state index in [2.05, 4.69) is 10.6 Å². The largest absolute Gasteiger partial charge is 0.497 e. The van der Waals surface area contributed by atoms with E-state index in [9.17, 15) is 9.59 Å². The van der Waals surface area contributed by atoms with Crippen LogP contribution in [0.3, 0.4) is 0 Å². The van der Waals surface area contributed by atoms with Gasteiger partial charge in [0.1, 0.15) is 12.3 Å². The monoisotopic (exact) mass is 411 g/mol. The van der Waals surface area contributed by atoms with Crippen LogP contribution < -0.4 is 4.74 Å². The van der Waals surface area contributed by atoms with E-state index < -0.39 is 5.41 Å². The molecule has 2 amide bonds. The number of rotatable bonds is 5. The molecule has 0 fully saturated rings. The molecule has 1 aromatic carbocycles. The van der Waals surface area contributed by atoms with Gasteiger partial charge in [-0.3, -0.25) is 9.59 Å². The maximum absolute atomic E-state index is 13.5. The molecule has 1 aliphatic rings. The third-order valence-electron chi connectivity index (χ3n) is 5.60. The Bertz CT molecular complexity index is 910. The molecule has 0 N–H and O–H groups in total. The molecule has 0 aliphatic carbocycles. The number of hydrogen-bond donors (Lipinski definition) is 0.